The molecule has 118 valence electrons. The maximum atomic E-state index is 5.45. The number of hydrogen-bond donors (Lipinski definition) is 0. The van der Waals surface area contributed by atoms with E-state index in [2.05, 4.69) is 60.6 Å². The van der Waals surface area contributed by atoms with Gasteiger partial charge in [0.15, 0.2) is 0 Å². The van der Waals surface area contributed by atoms with E-state index in [1.807, 2.05) is 18.2 Å². The quantitative estimate of drug-likeness (QED) is 0.837. The van der Waals surface area contributed by atoms with Crippen molar-refractivity contribution in [3.8, 4) is 11.5 Å². The highest BCUT2D eigenvalue weighted by atomic mass is 16.5. The Balaban J connectivity index is 1.95. The van der Waals surface area contributed by atoms with Crippen molar-refractivity contribution in [2.75, 3.05) is 21.3 Å². The maximum absolute atomic E-state index is 5.45. The lowest BCUT2D eigenvalue weighted by Gasteiger charge is -2.29. The van der Waals surface area contributed by atoms with E-state index in [9.17, 15) is 0 Å². The summed E-state index contributed by atoms with van der Waals surface area (Å²) in [5.41, 5.74) is 3.57. The smallest absolute Gasteiger partial charge is 0.126 e. The van der Waals surface area contributed by atoms with Gasteiger partial charge in [-0.1, -0.05) is 36.4 Å². The Kier molecular flexibility index (Phi) is 4.38. The molecule has 0 radical (unpaired) electrons. The van der Waals surface area contributed by atoms with Gasteiger partial charge in [0.1, 0.15) is 11.5 Å². The molecule has 2 aromatic rings. The summed E-state index contributed by atoms with van der Waals surface area (Å²) in [6.07, 6.45) is 8.55. The van der Waals surface area contributed by atoms with E-state index in [-0.39, 0.29) is 6.04 Å². The molecule has 23 heavy (non-hydrogen) atoms. The fourth-order valence-electron chi connectivity index (χ4n) is 2.85. The SMILES string of the molecule is COc1ccc(OC)c(/C=C/C2c3ccccc3C=CN2C)c1. The second-order valence-corrected chi connectivity index (χ2v) is 5.52. The normalized spacial score (nSPS) is 16.5. The van der Waals surface area contributed by atoms with Crippen LogP contribution in [-0.2, 0) is 0 Å². The summed E-state index contributed by atoms with van der Waals surface area (Å²) in [6, 6.07) is 14.5. The molecule has 0 saturated heterocycles. The average molecular weight is 307 g/mol. The molecule has 1 atom stereocenters. The van der Waals surface area contributed by atoms with E-state index in [1.54, 1.807) is 14.2 Å². The Labute approximate surface area is 137 Å². The van der Waals surface area contributed by atoms with Gasteiger partial charge in [-0.2, -0.15) is 0 Å². The Hall–Kier alpha value is -2.68. The van der Waals surface area contributed by atoms with Crippen molar-refractivity contribution < 1.29 is 9.47 Å². The predicted octanol–water partition coefficient (Wildman–Crippen LogP) is 4.37. The van der Waals surface area contributed by atoms with E-state index in [0.29, 0.717) is 0 Å². The van der Waals surface area contributed by atoms with E-state index in [1.165, 1.54) is 11.1 Å². The van der Waals surface area contributed by atoms with Crippen LogP contribution >= 0.6 is 0 Å². The van der Waals surface area contributed by atoms with E-state index < -0.39 is 0 Å². The van der Waals surface area contributed by atoms with Gasteiger partial charge in [-0.25, -0.2) is 0 Å². The van der Waals surface area contributed by atoms with Gasteiger partial charge in [-0.05, 0) is 35.4 Å². The van der Waals surface area contributed by atoms with Crippen LogP contribution in [-0.4, -0.2) is 26.2 Å². The molecule has 3 nitrogen and oxygen atoms in total. The Morgan fingerprint density at radius 2 is 1.87 bits per heavy atom. The van der Waals surface area contributed by atoms with Gasteiger partial charge >= 0.3 is 0 Å². The molecule has 1 heterocycles. The predicted molar refractivity (Wildman–Crippen MR) is 94.6 cm³/mol. The highest BCUT2D eigenvalue weighted by Crippen LogP contribution is 2.32. The summed E-state index contributed by atoms with van der Waals surface area (Å²) >= 11 is 0. The van der Waals surface area contributed by atoms with Gasteiger partial charge in [0.2, 0.25) is 0 Å². The standard InChI is InChI=1S/C20H21NO2/c1-21-13-12-15-6-4-5-7-18(15)19(21)10-8-16-14-17(22-2)9-11-20(16)23-3/h4-14,19H,1-3H3/b10-8+. The number of fused-ring (bicyclic) bond motifs is 1. The average Bonchev–Trinajstić information content (AvgIpc) is 2.60. The van der Waals surface area contributed by atoms with Crippen molar-refractivity contribution in [2.24, 2.45) is 0 Å². The van der Waals surface area contributed by atoms with Gasteiger partial charge in [0, 0.05) is 18.8 Å². The topological polar surface area (TPSA) is 21.7 Å². The fraction of sp³-hybridized carbons (Fsp3) is 0.200. The number of ether oxygens (including phenoxy) is 2. The summed E-state index contributed by atoms with van der Waals surface area (Å²) in [6.45, 7) is 0. The van der Waals surface area contributed by atoms with E-state index in [0.717, 1.165) is 17.1 Å². The van der Waals surface area contributed by atoms with Crippen molar-refractivity contribution in [3.63, 3.8) is 0 Å². The first-order valence-corrected chi connectivity index (χ1v) is 7.62. The molecule has 0 amide bonds. The molecule has 3 rings (SSSR count). The van der Waals surface area contributed by atoms with Gasteiger partial charge in [0.25, 0.3) is 0 Å². The summed E-state index contributed by atoms with van der Waals surface area (Å²) in [5.74, 6) is 1.66. The van der Waals surface area contributed by atoms with Crippen LogP contribution in [0.3, 0.4) is 0 Å². The molecule has 3 heteroatoms. The van der Waals surface area contributed by atoms with Crippen LogP contribution in [0, 0.1) is 0 Å². The third-order valence-electron chi connectivity index (χ3n) is 4.14. The Morgan fingerprint density at radius 1 is 1.04 bits per heavy atom. The summed E-state index contributed by atoms with van der Waals surface area (Å²) in [5, 5.41) is 0. The van der Waals surface area contributed by atoms with Gasteiger partial charge < -0.3 is 14.4 Å². The minimum atomic E-state index is 0.201. The van der Waals surface area contributed by atoms with Crippen LogP contribution in [0.5, 0.6) is 11.5 Å². The Bertz CT molecular complexity index is 749. The molecule has 1 unspecified atom stereocenters. The van der Waals surface area contributed by atoms with Crippen LogP contribution in [0.25, 0.3) is 12.2 Å². The second kappa shape index (κ2) is 6.61. The number of benzene rings is 2. The maximum Gasteiger partial charge on any atom is 0.126 e. The second-order valence-electron chi connectivity index (χ2n) is 5.52. The lowest BCUT2D eigenvalue weighted by atomic mass is 9.95. The first-order chi connectivity index (χ1) is 11.2. The molecule has 0 aliphatic carbocycles. The van der Waals surface area contributed by atoms with E-state index in [4.69, 9.17) is 9.47 Å². The van der Waals surface area contributed by atoms with Gasteiger partial charge in [-0.15, -0.1) is 0 Å². The number of likely N-dealkylation sites (N-methyl/N-ethyl adjacent to an activating group) is 1. The van der Waals surface area contributed by atoms with Crippen molar-refractivity contribution in [3.05, 3.63) is 71.4 Å². The van der Waals surface area contributed by atoms with Gasteiger partial charge in [0.05, 0.1) is 20.3 Å². The van der Waals surface area contributed by atoms with E-state index >= 15 is 0 Å². The number of rotatable bonds is 4. The van der Waals surface area contributed by atoms with Crippen LogP contribution in [0.2, 0.25) is 0 Å². The van der Waals surface area contributed by atoms with Crippen LogP contribution in [0.4, 0.5) is 0 Å². The monoisotopic (exact) mass is 307 g/mol. The molecule has 0 aromatic heterocycles. The van der Waals surface area contributed by atoms with Crippen molar-refractivity contribution >= 4 is 12.2 Å². The summed E-state index contributed by atoms with van der Waals surface area (Å²) in [7, 11) is 5.44. The van der Waals surface area contributed by atoms with Crippen LogP contribution in [0.15, 0.2) is 54.7 Å². The van der Waals surface area contributed by atoms with Crippen molar-refractivity contribution in [1.29, 1.82) is 0 Å². The van der Waals surface area contributed by atoms with Crippen molar-refractivity contribution in [2.45, 2.75) is 6.04 Å². The third kappa shape index (κ3) is 3.09. The minimum Gasteiger partial charge on any atom is -0.497 e. The highest BCUT2D eigenvalue weighted by molar-refractivity contribution is 5.63. The van der Waals surface area contributed by atoms with Crippen molar-refractivity contribution in [1.82, 2.24) is 4.90 Å². The summed E-state index contributed by atoms with van der Waals surface area (Å²) in [4.78, 5) is 2.20. The largest absolute Gasteiger partial charge is 0.497 e. The fourth-order valence-corrected chi connectivity index (χ4v) is 2.85. The lowest BCUT2D eigenvalue weighted by Crippen LogP contribution is -2.20. The molecule has 1 aliphatic heterocycles. The molecule has 0 bridgehead atoms. The zero-order valence-electron chi connectivity index (χ0n) is 13.7. The molecule has 0 fully saturated rings. The third-order valence-corrected chi connectivity index (χ3v) is 4.14. The molecular formula is C20H21NO2. The molecule has 0 saturated carbocycles. The number of methoxy groups -OCH3 is 2. The van der Waals surface area contributed by atoms with Crippen LogP contribution < -0.4 is 9.47 Å². The van der Waals surface area contributed by atoms with Crippen LogP contribution in [0.1, 0.15) is 22.7 Å². The lowest BCUT2D eigenvalue weighted by molar-refractivity contribution is 0.391. The summed E-state index contributed by atoms with van der Waals surface area (Å²) < 4.78 is 10.8. The zero-order chi connectivity index (χ0) is 16.2. The minimum absolute atomic E-state index is 0.201. The molecule has 2 aromatic carbocycles. The number of hydrogen-bond acceptors (Lipinski definition) is 3. The zero-order valence-corrected chi connectivity index (χ0v) is 13.7. The van der Waals surface area contributed by atoms with Gasteiger partial charge in [-0.3, -0.25) is 0 Å². The first-order valence-electron chi connectivity index (χ1n) is 7.62. The Morgan fingerprint density at radius 3 is 2.65 bits per heavy atom. The highest BCUT2D eigenvalue weighted by Gasteiger charge is 2.17. The molecule has 0 spiro atoms. The first kappa shape index (κ1) is 15.2. The molecule has 1 aliphatic rings. The molecular weight excluding hydrogens is 286 g/mol. The molecule has 0 N–H and O–H groups in total. The number of nitrogens with zero attached hydrogens (tertiary/aromatic N) is 1.